The van der Waals surface area contributed by atoms with Gasteiger partial charge in [-0.2, -0.15) is 0 Å². The summed E-state index contributed by atoms with van der Waals surface area (Å²) in [5.74, 6) is -1.90. The van der Waals surface area contributed by atoms with Gasteiger partial charge in [0.25, 0.3) is 5.91 Å². The molecule has 1 saturated heterocycles. The van der Waals surface area contributed by atoms with Gasteiger partial charge < -0.3 is 19.7 Å². The van der Waals surface area contributed by atoms with Gasteiger partial charge in [0, 0.05) is 6.42 Å². The summed E-state index contributed by atoms with van der Waals surface area (Å²) < 4.78 is 11.1. The van der Waals surface area contributed by atoms with Crippen molar-refractivity contribution in [2.75, 3.05) is 13.7 Å². The number of thioether (sulfide) groups is 1. The van der Waals surface area contributed by atoms with Crippen molar-refractivity contribution >= 4 is 52.2 Å². The third kappa shape index (κ3) is 5.96. The fourth-order valence-corrected chi connectivity index (χ4v) is 4.10. The second-order valence-electron chi connectivity index (χ2n) is 6.45. The highest BCUT2D eigenvalue weighted by molar-refractivity contribution is 8.26. The molecule has 0 saturated carbocycles. The van der Waals surface area contributed by atoms with Gasteiger partial charge in [0.2, 0.25) is 0 Å². The molecule has 1 aliphatic rings. The summed E-state index contributed by atoms with van der Waals surface area (Å²) >= 11 is 6.16. The summed E-state index contributed by atoms with van der Waals surface area (Å²) in [5.41, 5.74) is 0.660. The van der Waals surface area contributed by atoms with Gasteiger partial charge in [-0.05, 0) is 36.6 Å². The van der Waals surface area contributed by atoms with E-state index in [1.807, 2.05) is 0 Å². The maximum absolute atomic E-state index is 12.8. The molecule has 0 aliphatic carbocycles. The number of thiocarbonyl (C=S) groups is 1. The van der Waals surface area contributed by atoms with Gasteiger partial charge in [0.15, 0.2) is 11.5 Å². The Morgan fingerprint density at radius 1 is 1.30 bits per heavy atom. The van der Waals surface area contributed by atoms with Crippen molar-refractivity contribution in [3.8, 4) is 11.5 Å². The van der Waals surface area contributed by atoms with Crippen LogP contribution in [0.1, 0.15) is 38.2 Å². The summed E-state index contributed by atoms with van der Waals surface area (Å²) in [6, 6.07) is 3.89. The summed E-state index contributed by atoms with van der Waals surface area (Å²) in [6.07, 6.45) is 2.89. The Hall–Kier alpha value is -2.59. The van der Waals surface area contributed by atoms with Crippen molar-refractivity contribution in [2.24, 2.45) is 0 Å². The predicted octanol–water partition coefficient (Wildman–Crippen LogP) is 3.39. The highest BCUT2D eigenvalue weighted by Gasteiger charge is 2.40. The highest BCUT2D eigenvalue weighted by atomic mass is 32.2. The Bertz CT molecular complexity index is 869. The van der Waals surface area contributed by atoms with Crippen molar-refractivity contribution in [3.63, 3.8) is 0 Å². The largest absolute Gasteiger partial charge is 0.493 e. The molecule has 1 heterocycles. The number of hydrogen-bond acceptors (Lipinski definition) is 7. The molecule has 2 N–H and O–H groups in total. The minimum Gasteiger partial charge on any atom is -0.493 e. The van der Waals surface area contributed by atoms with Gasteiger partial charge in [-0.25, -0.2) is 4.79 Å². The number of carbonyl (C=O) groups excluding carboxylic acids is 1. The van der Waals surface area contributed by atoms with Crippen LogP contribution in [-0.2, 0) is 14.4 Å². The molecule has 1 amide bonds. The quantitative estimate of drug-likeness (QED) is 0.296. The van der Waals surface area contributed by atoms with Crippen LogP contribution in [0.5, 0.6) is 11.5 Å². The number of carboxylic acid groups (broad SMARTS) is 2. The first-order chi connectivity index (χ1) is 14.3. The fraction of sp³-hybridized carbons (Fsp3) is 0.400. The molecule has 0 bridgehead atoms. The van der Waals surface area contributed by atoms with E-state index in [9.17, 15) is 19.5 Å². The first kappa shape index (κ1) is 23.7. The fourth-order valence-electron chi connectivity index (χ4n) is 2.74. The zero-order chi connectivity index (χ0) is 22.3. The van der Waals surface area contributed by atoms with Crippen molar-refractivity contribution in [1.29, 1.82) is 0 Å². The van der Waals surface area contributed by atoms with Gasteiger partial charge in [0.05, 0.1) is 18.6 Å². The number of benzene rings is 1. The van der Waals surface area contributed by atoms with Crippen LogP contribution in [0, 0.1) is 0 Å². The standard InChI is InChI=1S/C20H23NO7S2/c1-3-4-9-28-14-7-5-12(10-15(14)27-2)11-16-18(24)21(20(29)30-16)13(19(25)26)6-8-17(22)23/h5,7,10-11,13H,3-4,6,8-9H2,1-2H3,(H,22,23)(H,25,26)/b16-11-. The van der Waals surface area contributed by atoms with Gasteiger partial charge >= 0.3 is 11.9 Å². The van der Waals surface area contributed by atoms with Crippen LogP contribution in [-0.4, -0.2) is 57.0 Å². The maximum Gasteiger partial charge on any atom is 0.326 e. The lowest BCUT2D eigenvalue weighted by Crippen LogP contribution is -2.44. The van der Waals surface area contributed by atoms with Crippen LogP contribution in [0.25, 0.3) is 6.08 Å². The lowest BCUT2D eigenvalue weighted by Gasteiger charge is -2.22. The molecular formula is C20H23NO7S2. The molecule has 1 unspecified atom stereocenters. The number of carbonyl (C=O) groups is 3. The van der Waals surface area contributed by atoms with E-state index in [-0.39, 0.29) is 22.1 Å². The normalized spacial score (nSPS) is 16.1. The average molecular weight is 454 g/mol. The van der Waals surface area contributed by atoms with Gasteiger partial charge in [-0.3, -0.25) is 14.5 Å². The zero-order valence-electron chi connectivity index (χ0n) is 16.6. The Labute approximate surface area is 183 Å². The molecular weight excluding hydrogens is 430 g/mol. The van der Waals surface area contributed by atoms with E-state index in [0.717, 1.165) is 29.5 Å². The number of nitrogens with zero attached hydrogens (tertiary/aromatic N) is 1. The second kappa shape index (κ2) is 11.0. The third-order valence-electron chi connectivity index (χ3n) is 4.29. The summed E-state index contributed by atoms with van der Waals surface area (Å²) in [4.78, 5) is 36.4. The van der Waals surface area contributed by atoms with E-state index in [0.29, 0.717) is 23.7 Å². The molecule has 2 rings (SSSR count). The smallest absolute Gasteiger partial charge is 0.326 e. The van der Waals surface area contributed by atoms with E-state index < -0.39 is 23.9 Å². The molecule has 1 aromatic carbocycles. The van der Waals surface area contributed by atoms with E-state index in [1.54, 1.807) is 24.3 Å². The number of methoxy groups -OCH3 is 1. The van der Waals surface area contributed by atoms with Gasteiger partial charge in [-0.15, -0.1) is 0 Å². The molecule has 1 atom stereocenters. The number of hydrogen-bond donors (Lipinski definition) is 2. The average Bonchev–Trinajstić information content (AvgIpc) is 2.96. The molecule has 0 aromatic heterocycles. The minimum absolute atomic E-state index is 0.0792. The molecule has 8 nitrogen and oxygen atoms in total. The number of amides is 1. The SMILES string of the molecule is CCCCOc1ccc(/C=C2\SC(=S)N(C(CCC(=O)O)C(=O)O)C2=O)cc1OC. The summed E-state index contributed by atoms with van der Waals surface area (Å²) in [7, 11) is 1.52. The third-order valence-corrected chi connectivity index (χ3v) is 5.62. The van der Waals surface area contributed by atoms with E-state index >= 15 is 0 Å². The molecule has 162 valence electrons. The summed E-state index contributed by atoms with van der Waals surface area (Å²) in [5, 5.41) is 18.3. The molecule has 1 aliphatic heterocycles. The number of aliphatic carboxylic acids is 2. The summed E-state index contributed by atoms with van der Waals surface area (Å²) in [6.45, 7) is 2.63. The van der Waals surface area contributed by atoms with Crippen LogP contribution >= 0.6 is 24.0 Å². The van der Waals surface area contributed by atoms with Crippen molar-refractivity contribution < 1.29 is 34.1 Å². The van der Waals surface area contributed by atoms with Crippen LogP contribution < -0.4 is 9.47 Å². The molecule has 1 aromatic rings. The minimum atomic E-state index is -1.33. The monoisotopic (exact) mass is 453 g/mol. The van der Waals surface area contributed by atoms with Crippen molar-refractivity contribution in [2.45, 2.75) is 38.6 Å². The zero-order valence-corrected chi connectivity index (χ0v) is 18.3. The number of unbranched alkanes of at least 4 members (excludes halogenated alkanes) is 1. The van der Waals surface area contributed by atoms with Gasteiger partial charge in [-0.1, -0.05) is 43.4 Å². The lowest BCUT2D eigenvalue weighted by molar-refractivity contribution is -0.146. The maximum atomic E-state index is 12.8. The number of rotatable bonds is 11. The molecule has 1 fully saturated rings. The van der Waals surface area contributed by atoms with Crippen LogP contribution in [0.4, 0.5) is 0 Å². The lowest BCUT2D eigenvalue weighted by atomic mass is 10.1. The van der Waals surface area contributed by atoms with Crippen molar-refractivity contribution in [1.82, 2.24) is 4.90 Å². The first-order valence-corrected chi connectivity index (χ1v) is 10.5. The predicted molar refractivity (Wildman–Crippen MR) is 117 cm³/mol. The second-order valence-corrected chi connectivity index (χ2v) is 8.13. The van der Waals surface area contributed by atoms with Crippen LogP contribution in [0.2, 0.25) is 0 Å². The molecule has 0 radical (unpaired) electrons. The van der Waals surface area contributed by atoms with E-state index in [1.165, 1.54) is 7.11 Å². The molecule has 10 heteroatoms. The number of carboxylic acids is 2. The van der Waals surface area contributed by atoms with Crippen LogP contribution in [0.15, 0.2) is 23.1 Å². The Kier molecular flexibility index (Phi) is 8.67. The Balaban J connectivity index is 2.23. The molecule has 30 heavy (non-hydrogen) atoms. The van der Waals surface area contributed by atoms with Crippen LogP contribution in [0.3, 0.4) is 0 Å². The topological polar surface area (TPSA) is 113 Å². The Morgan fingerprint density at radius 2 is 2.03 bits per heavy atom. The molecule has 0 spiro atoms. The van der Waals surface area contributed by atoms with Crippen molar-refractivity contribution in [3.05, 3.63) is 28.7 Å². The highest BCUT2D eigenvalue weighted by Crippen LogP contribution is 2.36. The number of ether oxygens (including phenoxy) is 2. The van der Waals surface area contributed by atoms with E-state index in [2.05, 4.69) is 6.92 Å². The first-order valence-electron chi connectivity index (χ1n) is 9.31. The Morgan fingerprint density at radius 3 is 2.63 bits per heavy atom. The van der Waals surface area contributed by atoms with Gasteiger partial charge in [0.1, 0.15) is 10.4 Å². The van der Waals surface area contributed by atoms with E-state index in [4.69, 9.17) is 26.8 Å².